The molecular weight excluding hydrogens is 208 g/mol. The molecule has 1 aliphatic rings. The Labute approximate surface area is 104 Å². The highest BCUT2D eigenvalue weighted by Gasteiger charge is 2.31. The van der Waals surface area contributed by atoms with Gasteiger partial charge in [-0.3, -0.25) is 4.79 Å². The van der Waals surface area contributed by atoms with Gasteiger partial charge in [-0.25, -0.2) is 0 Å². The van der Waals surface area contributed by atoms with Crippen LogP contribution in [0.1, 0.15) is 31.2 Å². The maximum absolute atomic E-state index is 11.9. The summed E-state index contributed by atoms with van der Waals surface area (Å²) in [6, 6.07) is 10.1. The molecule has 2 rings (SSSR count). The predicted octanol–water partition coefficient (Wildman–Crippen LogP) is 3.80. The number of ketones is 1. The number of hydrogen-bond acceptors (Lipinski definition) is 1. The van der Waals surface area contributed by atoms with Crippen LogP contribution in [-0.4, -0.2) is 5.78 Å². The Bertz CT molecular complexity index is 380. The van der Waals surface area contributed by atoms with Gasteiger partial charge in [0.05, 0.1) is 0 Å². The van der Waals surface area contributed by atoms with Crippen molar-refractivity contribution >= 4 is 5.78 Å². The molecule has 0 bridgehead atoms. The molecule has 1 saturated carbocycles. The fraction of sp³-hybridized carbons (Fsp3) is 0.375. The molecule has 0 heterocycles. The molecule has 1 aliphatic carbocycles. The third kappa shape index (κ3) is 3.29. The Kier molecular flexibility index (Phi) is 4.13. The minimum atomic E-state index is 0.132. The zero-order valence-corrected chi connectivity index (χ0v) is 10.1. The van der Waals surface area contributed by atoms with E-state index in [9.17, 15) is 4.79 Å². The van der Waals surface area contributed by atoms with Crippen molar-refractivity contribution in [3.05, 3.63) is 55.0 Å². The third-order valence-electron chi connectivity index (χ3n) is 3.46. The monoisotopic (exact) mass is 227 g/mol. The Morgan fingerprint density at radius 1 is 1.29 bits per heavy atom. The molecule has 2 unspecified atom stereocenters. The van der Waals surface area contributed by atoms with Crippen molar-refractivity contribution in [3.63, 3.8) is 0 Å². The number of hydrogen-bond donors (Lipinski definition) is 0. The standard InChI is InChI=1S/C16H19O/c1-2-3-7-14-11-15(16(17)12-14)10-13-8-5-4-6-9-13/h2,4-6,8-10,14-15H,1,3,7,11-12H2. The zero-order chi connectivity index (χ0) is 12.1. The first-order valence-electron chi connectivity index (χ1n) is 6.33. The summed E-state index contributed by atoms with van der Waals surface area (Å²) in [5, 5.41) is 0. The van der Waals surface area contributed by atoms with Crippen LogP contribution in [0.5, 0.6) is 0 Å². The van der Waals surface area contributed by atoms with E-state index >= 15 is 0 Å². The molecule has 1 aromatic rings. The van der Waals surface area contributed by atoms with Gasteiger partial charge < -0.3 is 0 Å². The molecule has 1 heteroatoms. The van der Waals surface area contributed by atoms with Gasteiger partial charge in [-0.05, 0) is 30.7 Å². The average Bonchev–Trinajstić information content (AvgIpc) is 2.69. The molecule has 17 heavy (non-hydrogen) atoms. The van der Waals surface area contributed by atoms with E-state index in [0.717, 1.165) is 31.2 Å². The summed E-state index contributed by atoms with van der Waals surface area (Å²) in [5.41, 5.74) is 1.16. The van der Waals surface area contributed by atoms with Crippen molar-refractivity contribution in [1.29, 1.82) is 0 Å². The minimum Gasteiger partial charge on any atom is -0.299 e. The van der Waals surface area contributed by atoms with E-state index in [2.05, 4.69) is 25.1 Å². The SMILES string of the molecule is C=CCCC1CC(=O)C([CH]c2ccccc2)C1. The van der Waals surface area contributed by atoms with E-state index in [4.69, 9.17) is 0 Å². The highest BCUT2D eigenvalue weighted by Crippen LogP contribution is 2.34. The Morgan fingerprint density at radius 2 is 2.06 bits per heavy atom. The van der Waals surface area contributed by atoms with Crippen molar-refractivity contribution < 1.29 is 4.79 Å². The van der Waals surface area contributed by atoms with Gasteiger partial charge in [-0.15, -0.1) is 6.58 Å². The van der Waals surface area contributed by atoms with E-state index in [1.165, 1.54) is 0 Å². The summed E-state index contributed by atoms with van der Waals surface area (Å²) < 4.78 is 0. The summed E-state index contributed by atoms with van der Waals surface area (Å²) in [6.07, 6.45) is 7.96. The second kappa shape index (κ2) is 5.81. The van der Waals surface area contributed by atoms with Crippen molar-refractivity contribution in [2.45, 2.75) is 25.7 Å². The number of rotatable bonds is 5. The van der Waals surface area contributed by atoms with Gasteiger partial charge in [-0.1, -0.05) is 36.4 Å². The van der Waals surface area contributed by atoms with Gasteiger partial charge in [-0.2, -0.15) is 0 Å². The molecule has 0 aliphatic heterocycles. The number of allylic oxidation sites excluding steroid dienone is 1. The van der Waals surface area contributed by atoms with Crippen LogP contribution < -0.4 is 0 Å². The summed E-state index contributed by atoms with van der Waals surface area (Å²) >= 11 is 0. The topological polar surface area (TPSA) is 17.1 Å². The van der Waals surface area contributed by atoms with Crippen LogP contribution in [0.4, 0.5) is 0 Å². The van der Waals surface area contributed by atoms with E-state index in [-0.39, 0.29) is 5.92 Å². The van der Waals surface area contributed by atoms with Crippen LogP contribution in [-0.2, 0) is 4.79 Å². The van der Waals surface area contributed by atoms with Gasteiger partial charge in [0.1, 0.15) is 5.78 Å². The van der Waals surface area contributed by atoms with Gasteiger partial charge >= 0.3 is 0 Å². The molecule has 0 spiro atoms. The van der Waals surface area contributed by atoms with Gasteiger partial charge in [0.2, 0.25) is 0 Å². The molecule has 0 saturated heterocycles. The smallest absolute Gasteiger partial charge is 0.136 e. The first-order chi connectivity index (χ1) is 8.29. The summed E-state index contributed by atoms with van der Waals surface area (Å²) in [7, 11) is 0. The molecule has 89 valence electrons. The summed E-state index contributed by atoms with van der Waals surface area (Å²) in [5.74, 6) is 1.10. The Balaban J connectivity index is 1.90. The van der Waals surface area contributed by atoms with Gasteiger partial charge in [0.25, 0.3) is 0 Å². The minimum absolute atomic E-state index is 0.132. The van der Waals surface area contributed by atoms with Crippen molar-refractivity contribution in [1.82, 2.24) is 0 Å². The van der Waals surface area contributed by atoms with E-state index in [1.807, 2.05) is 24.3 Å². The number of benzene rings is 1. The van der Waals surface area contributed by atoms with Crippen LogP contribution in [0.2, 0.25) is 0 Å². The highest BCUT2D eigenvalue weighted by molar-refractivity contribution is 5.85. The highest BCUT2D eigenvalue weighted by atomic mass is 16.1. The number of carbonyl (C=O) groups excluding carboxylic acids is 1. The maximum Gasteiger partial charge on any atom is 0.136 e. The maximum atomic E-state index is 11.9. The molecule has 1 radical (unpaired) electrons. The van der Waals surface area contributed by atoms with Crippen molar-refractivity contribution in [2.75, 3.05) is 0 Å². The average molecular weight is 227 g/mol. The lowest BCUT2D eigenvalue weighted by atomic mass is 9.95. The van der Waals surface area contributed by atoms with Crippen molar-refractivity contribution in [3.8, 4) is 0 Å². The second-order valence-electron chi connectivity index (χ2n) is 4.82. The fourth-order valence-electron chi connectivity index (χ4n) is 2.54. The quantitative estimate of drug-likeness (QED) is 0.699. The summed E-state index contributed by atoms with van der Waals surface area (Å²) in [6.45, 7) is 3.73. The molecule has 0 amide bonds. The van der Waals surface area contributed by atoms with Crippen LogP contribution in [0, 0.1) is 18.3 Å². The molecule has 1 fully saturated rings. The first-order valence-corrected chi connectivity index (χ1v) is 6.33. The lowest BCUT2D eigenvalue weighted by Gasteiger charge is -2.09. The van der Waals surface area contributed by atoms with E-state index in [1.54, 1.807) is 0 Å². The lowest BCUT2D eigenvalue weighted by molar-refractivity contribution is -0.119. The lowest BCUT2D eigenvalue weighted by Crippen LogP contribution is -2.07. The molecule has 2 atom stereocenters. The van der Waals surface area contributed by atoms with Gasteiger partial charge in [0.15, 0.2) is 0 Å². The number of Topliss-reactive ketones (excluding diaryl/α,β-unsaturated/α-hetero) is 1. The molecule has 0 N–H and O–H groups in total. The molecule has 1 nitrogen and oxygen atoms in total. The van der Waals surface area contributed by atoms with Crippen LogP contribution in [0.15, 0.2) is 43.0 Å². The molecule has 1 aromatic carbocycles. The zero-order valence-electron chi connectivity index (χ0n) is 10.1. The predicted molar refractivity (Wildman–Crippen MR) is 70.5 cm³/mol. The van der Waals surface area contributed by atoms with Crippen molar-refractivity contribution in [2.24, 2.45) is 11.8 Å². The first kappa shape index (κ1) is 12.1. The Hall–Kier alpha value is -1.37. The van der Waals surface area contributed by atoms with Crippen LogP contribution >= 0.6 is 0 Å². The summed E-state index contributed by atoms with van der Waals surface area (Å²) in [4.78, 5) is 11.9. The molecular formula is C16H19O. The molecule has 0 aromatic heterocycles. The van der Waals surface area contributed by atoms with Crippen LogP contribution in [0.3, 0.4) is 0 Å². The largest absolute Gasteiger partial charge is 0.299 e. The van der Waals surface area contributed by atoms with E-state index < -0.39 is 0 Å². The van der Waals surface area contributed by atoms with Crippen LogP contribution in [0.25, 0.3) is 0 Å². The van der Waals surface area contributed by atoms with Gasteiger partial charge in [0, 0.05) is 18.8 Å². The number of carbonyl (C=O) groups is 1. The van der Waals surface area contributed by atoms with E-state index in [0.29, 0.717) is 11.7 Å². The normalized spacial score (nSPS) is 23.9. The fourth-order valence-corrected chi connectivity index (χ4v) is 2.54. The Morgan fingerprint density at radius 3 is 2.76 bits per heavy atom. The third-order valence-corrected chi connectivity index (χ3v) is 3.46. The second-order valence-corrected chi connectivity index (χ2v) is 4.82.